The number of phenols is 1. The summed E-state index contributed by atoms with van der Waals surface area (Å²) in [5.74, 6) is 1.45. The van der Waals surface area contributed by atoms with Gasteiger partial charge in [-0.25, -0.2) is 4.39 Å². The Morgan fingerprint density at radius 3 is 2.68 bits per heavy atom. The van der Waals surface area contributed by atoms with E-state index in [0.29, 0.717) is 0 Å². The number of hydrogen-bond acceptors (Lipinski definition) is 2. The van der Waals surface area contributed by atoms with Crippen LogP contribution in [0.1, 0.15) is 37.7 Å². The van der Waals surface area contributed by atoms with Crippen LogP contribution >= 0.6 is 0 Å². The molecule has 1 aliphatic heterocycles. The zero-order valence-corrected chi connectivity index (χ0v) is 11.3. The molecule has 2 atom stereocenters. The summed E-state index contributed by atoms with van der Waals surface area (Å²) in [5, 5.41) is 9.45. The fourth-order valence-corrected chi connectivity index (χ4v) is 3.80. The summed E-state index contributed by atoms with van der Waals surface area (Å²) in [6.07, 6.45) is 6.81. The summed E-state index contributed by atoms with van der Waals surface area (Å²) >= 11 is 0. The normalized spacial score (nSPS) is 28.1. The lowest BCUT2D eigenvalue weighted by Gasteiger charge is -2.41. The molecule has 2 fully saturated rings. The molecule has 2 aliphatic rings. The van der Waals surface area contributed by atoms with Crippen molar-refractivity contribution < 1.29 is 9.50 Å². The Bertz CT molecular complexity index is 428. The van der Waals surface area contributed by atoms with Crippen molar-refractivity contribution in [2.24, 2.45) is 11.8 Å². The molecule has 0 amide bonds. The van der Waals surface area contributed by atoms with E-state index >= 15 is 0 Å². The van der Waals surface area contributed by atoms with E-state index in [0.717, 1.165) is 43.1 Å². The quantitative estimate of drug-likeness (QED) is 0.882. The maximum Gasteiger partial charge on any atom is 0.127 e. The minimum atomic E-state index is -0.345. The van der Waals surface area contributed by atoms with Gasteiger partial charge in [0.05, 0.1) is 0 Å². The molecule has 1 N–H and O–H groups in total. The highest BCUT2D eigenvalue weighted by atomic mass is 19.1. The van der Waals surface area contributed by atoms with Crippen LogP contribution in [-0.4, -0.2) is 23.1 Å². The number of hydrogen-bond donors (Lipinski definition) is 1. The second-order valence-corrected chi connectivity index (χ2v) is 6.15. The van der Waals surface area contributed by atoms with Crippen LogP contribution in [0, 0.1) is 17.7 Å². The Morgan fingerprint density at radius 1 is 1.11 bits per heavy atom. The van der Waals surface area contributed by atoms with Crippen molar-refractivity contribution in [3.8, 4) is 5.75 Å². The van der Waals surface area contributed by atoms with Crippen LogP contribution in [0.3, 0.4) is 0 Å². The first-order valence-corrected chi connectivity index (χ1v) is 7.41. The lowest BCUT2D eigenvalue weighted by molar-refractivity contribution is 0.0819. The standard InChI is InChI=1S/C16H22FNO/c17-15-7-12(8-16(19)9-15)10-18-6-5-13-3-1-2-4-14(13)11-18/h7-9,13-14,19H,1-6,10-11H2. The van der Waals surface area contributed by atoms with Crippen molar-refractivity contribution in [2.75, 3.05) is 13.1 Å². The van der Waals surface area contributed by atoms with Gasteiger partial charge in [-0.2, -0.15) is 0 Å². The van der Waals surface area contributed by atoms with Gasteiger partial charge in [0.2, 0.25) is 0 Å². The van der Waals surface area contributed by atoms with Crippen LogP contribution in [-0.2, 0) is 6.54 Å². The number of piperidine rings is 1. The summed E-state index contributed by atoms with van der Waals surface area (Å²) in [4.78, 5) is 2.42. The van der Waals surface area contributed by atoms with E-state index in [1.807, 2.05) is 0 Å². The Balaban J connectivity index is 1.64. The summed E-state index contributed by atoms with van der Waals surface area (Å²) in [6.45, 7) is 3.01. The maximum absolute atomic E-state index is 13.3. The van der Waals surface area contributed by atoms with Gasteiger partial charge in [0, 0.05) is 19.2 Å². The van der Waals surface area contributed by atoms with Crippen molar-refractivity contribution in [3.05, 3.63) is 29.6 Å². The predicted molar refractivity (Wildman–Crippen MR) is 73.4 cm³/mol. The largest absolute Gasteiger partial charge is 0.508 e. The van der Waals surface area contributed by atoms with Crippen LogP contribution in [0.4, 0.5) is 4.39 Å². The van der Waals surface area contributed by atoms with Gasteiger partial charge in [0.1, 0.15) is 11.6 Å². The number of halogens is 1. The Morgan fingerprint density at radius 2 is 1.89 bits per heavy atom. The van der Waals surface area contributed by atoms with Crippen LogP contribution in [0.5, 0.6) is 5.75 Å². The number of aromatic hydroxyl groups is 1. The van der Waals surface area contributed by atoms with Crippen molar-refractivity contribution in [3.63, 3.8) is 0 Å². The first-order valence-electron chi connectivity index (χ1n) is 7.41. The molecule has 3 rings (SSSR count). The molecule has 1 saturated heterocycles. The van der Waals surface area contributed by atoms with Gasteiger partial charge < -0.3 is 5.11 Å². The number of phenolic OH excluding ortho intramolecular Hbond substituents is 1. The van der Waals surface area contributed by atoms with Crippen LogP contribution in [0.15, 0.2) is 18.2 Å². The van der Waals surface area contributed by atoms with E-state index in [4.69, 9.17) is 0 Å². The monoisotopic (exact) mass is 263 g/mol. The molecule has 1 aliphatic carbocycles. The van der Waals surface area contributed by atoms with E-state index in [1.54, 1.807) is 6.07 Å². The van der Waals surface area contributed by atoms with E-state index in [9.17, 15) is 9.50 Å². The Hall–Kier alpha value is -1.09. The third-order valence-corrected chi connectivity index (χ3v) is 4.72. The molecule has 0 bridgehead atoms. The average molecular weight is 263 g/mol. The zero-order chi connectivity index (χ0) is 13.2. The summed E-state index contributed by atoms with van der Waals surface area (Å²) in [6, 6.07) is 4.37. The lowest BCUT2D eigenvalue weighted by atomic mass is 9.75. The Kier molecular flexibility index (Phi) is 3.74. The minimum Gasteiger partial charge on any atom is -0.508 e. The summed E-state index contributed by atoms with van der Waals surface area (Å²) in [5.41, 5.74) is 0.881. The molecule has 0 spiro atoms. The summed E-state index contributed by atoms with van der Waals surface area (Å²) in [7, 11) is 0. The lowest BCUT2D eigenvalue weighted by Crippen LogP contribution is -2.41. The first-order chi connectivity index (χ1) is 9.20. The van der Waals surface area contributed by atoms with Gasteiger partial charge in [0.25, 0.3) is 0 Å². The molecule has 2 unspecified atom stereocenters. The maximum atomic E-state index is 13.3. The highest BCUT2D eigenvalue weighted by Crippen LogP contribution is 2.36. The van der Waals surface area contributed by atoms with Crippen molar-refractivity contribution in [2.45, 2.75) is 38.6 Å². The van der Waals surface area contributed by atoms with E-state index in [1.165, 1.54) is 38.2 Å². The molecule has 1 saturated carbocycles. The van der Waals surface area contributed by atoms with E-state index < -0.39 is 0 Å². The molecule has 0 aromatic heterocycles. The SMILES string of the molecule is Oc1cc(F)cc(CN2CCC3CCCCC3C2)c1. The van der Waals surface area contributed by atoms with E-state index in [-0.39, 0.29) is 11.6 Å². The second-order valence-electron chi connectivity index (χ2n) is 6.15. The smallest absolute Gasteiger partial charge is 0.127 e. The number of nitrogens with zero attached hydrogens (tertiary/aromatic N) is 1. The van der Waals surface area contributed by atoms with Gasteiger partial charge in [-0.05, 0) is 48.9 Å². The zero-order valence-electron chi connectivity index (χ0n) is 11.3. The van der Waals surface area contributed by atoms with Crippen LogP contribution < -0.4 is 0 Å². The highest BCUT2D eigenvalue weighted by molar-refractivity contribution is 5.28. The van der Waals surface area contributed by atoms with Crippen molar-refractivity contribution >= 4 is 0 Å². The molecule has 104 valence electrons. The van der Waals surface area contributed by atoms with Crippen molar-refractivity contribution in [1.29, 1.82) is 0 Å². The number of fused-ring (bicyclic) bond motifs is 1. The molecule has 2 nitrogen and oxygen atoms in total. The van der Waals surface area contributed by atoms with Gasteiger partial charge >= 0.3 is 0 Å². The fourth-order valence-electron chi connectivity index (χ4n) is 3.80. The van der Waals surface area contributed by atoms with E-state index in [2.05, 4.69) is 4.90 Å². The minimum absolute atomic E-state index is 0.0301. The molecular formula is C16H22FNO. The second kappa shape index (κ2) is 5.49. The number of benzene rings is 1. The third kappa shape index (κ3) is 3.08. The van der Waals surface area contributed by atoms with Gasteiger partial charge in [-0.15, -0.1) is 0 Å². The molecule has 0 radical (unpaired) electrons. The molecular weight excluding hydrogens is 241 g/mol. The van der Waals surface area contributed by atoms with Gasteiger partial charge in [0.15, 0.2) is 0 Å². The van der Waals surface area contributed by atoms with Crippen LogP contribution in [0.2, 0.25) is 0 Å². The average Bonchev–Trinajstić information content (AvgIpc) is 2.37. The van der Waals surface area contributed by atoms with Gasteiger partial charge in [-0.3, -0.25) is 4.90 Å². The first kappa shape index (κ1) is 12.9. The fraction of sp³-hybridized carbons (Fsp3) is 0.625. The number of likely N-dealkylation sites (tertiary alicyclic amines) is 1. The van der Waals surface area contributed by atoms with Gasteiger partial charge in [-0.1, -0.05) is 19.3 Å². The van der Waals surface area contributed by atoms with Crippen molar-refractivity contribution in [1.82, 2.24) is 4.90 Å². The molecule has 3 heteroatoms. The third-order valence-electron chi connectivity index (χ3n) is 4.72. The predicted octanol–water partition coefficient (Wildman–Crippen LogP) is 3.54. The number of rotatable bonds is 2. The Labute approximate surface area is 114 Å². The topological polar surface area (TPSA) is 23.5 Å². The highest BCUT2D eigenvalue weighted by Gasteiger charge is 2.30. The van der Waals surface area contributed by atoms with Crippen LogP contribution in [0.25, 0.3) is 0 Å². The molecule has 19 heavy (non-hydrogen) atoms. The molecule has 1 heterocycles. The molecule has 1 aromatic carbocycles. The molecule has 1 aromatic rings. The summed E-state index contributed by atoms with van der Waals surface area (Å²) < 4.78 is 13.3.